The van der Waals surface area contributed by atoms with Crippen LogP contribution in [-0.2, 0) is 13.6 Å². The van der Waals surface area contributed by atoms with E-state index in [9.17, 15) is 0 Å². The Morgan fingerprint density at radius 2 is 2.25 bits per heavy atom. The van der Waals surface area contributed by atoms with Crippen molar-refractivity contribution in [2.75, 3.05) is 13.1 Å². The normalized spacial score (nSPS) is 11.0. The lowest BCUT2D eigenvalue weighted by molar-refractivity contribution is 0.235. The van der Waals surface area contributed by atoms with E-state index in [1.807, 2.05) is 0 Å². The molecule has 0 atom stereocenters. The third-order valence-corrected chi connectivity index (χ3v) is 2.08. The maximum Gasteiger partial charge on any atom is 0.188 e. The number of aromatic nitrogens is 4. The summed E-state index contributed by atoms with van der Waals surface area (Å²) >= 11 is 0. The topological polar surface area (TPSA) is 70.6 Å². The SMILES string of the molecule is CC(C)CN(CCC#N)Cc1nnn(C)n1. The van der Waals surface area contributed by atoms with Gasteiger partial charge in [-0.25, -0.2) is 0 Å². The predicted molar refractivity (Wildman–Crippen MR) is 59.1 cm³/mol. The molecule has 6 nitrogen and oxygen atoms in total. The fourth-order valence-corrected chi connectivity index (χ4v) is 1.55. The molecule has 1 heterocycles. The summed E-state index contributed by atoms with van der Waals surface area (Å²) in [5, 5.41) is 20.5. The first-order chi connectivity index (χ1) is 7.61. The molecule has 0 bridgehead atoms. The van der Waals surface area contributed by atoms with Gasteiger partial charge in [-0.2, -0.15) is 10.1 Å². The van der Waals surface area contributed by atoms with Crippen LogP contribution in [0.3, 0.4) is 0 Å². The molecular weight excluding hydrogens is 204 g/mol. The van der Waals surface area contributed by atoms with E-state index >= 15 is 0 Å². The zero-order chi connectivity index (χ0) is 12.0. The molecule has 0 amide bonds. The summed E-state index contributed by atoms with van der Waals surface area (Å²) in [5.74, 6) is 1.27. The molecule has 6 heteroatoms. The summed E-state index contributed by atoms with van der Waals surface area (Å²) in [4.78, 5) is 3.64. The van der Waals surface area contributed by atoms with Crippen molar-refractivity contribution >= 4 is 0 Å². The van der Waals surface area contributed by atoms with Crippen LogP contribution in [-0.4, -0.2) is 38.2 Å². The van der Waals surface area contributed by atoms with Crippen LogP contribution in [0.4, 0.5) is 0 Å². The Labute approximate surface area is 95.9 Å². The van der Waals surface area contributed by atoms with Crippen molar-refractivity contribution in [2.45, 2.75) is 26.8 Å². The number of nitriles is 1. The van der Waals surface area contributed by atoms with Crippen LogP contribution < -0.4 is 0 Å². The van der Waals surface area contributed by atoms with Gasteiger partial charge in [0.15, 0.2) is 5.82 Å². The van der Waals surface area contributed by atoms with Gasteiger partial charge in [0, 0.05) is 19.5 Å². The monoisotopic (exact) mass is 222 g/mol. The van der Waals surface area contributed by atoms with E-state index in [0.717, 1.165) is 13.1 Å². The highest BCUT2D eigenvalue weighted by molar-refractivity contribution is 4.80. The lowest BCUT2D eigenvalue weighted by atomic mass is 10.2. The summed E-state index contributed by atoms with van der Waals surface area (Å²) in [6, 6.07) is 2.16. The second-order valence-corrected chi connectivity index (χ2v) is 4.23. The Balaban J connectivity index is 2.52. The molecule has 1 aromatic heterocycles. The van der Waals surface area contributed by atoms with E-state index in [1.165, 1.54) is 4.80 Å². The molecule has 0 radical (unpaired) electrons. The van der Waals surface area contributed by atoms with Crippen LogP contribution in [0.25, 0.3) is 0 Å². The number of rotatable bonds is 6. The zero-order valence-electron chi connectivity index (χ0n) is 10.1. The van der Waals surface area contributed by atoms with Crippen molar-refractivity contribution < 1.29 is 0 Å². The molecule has 0 saturated heterocycles. The van der Waals surface area contributed by atoms with E-state index in [1.54, 1.807) is 7.05 Å². The first-order valence-electron chi connectivity index (χ1n) is 5.44. The molecule has 0 unspecified atom stereocenters. The Bertz CT molecular complexity index is 350. The Kier molecular flexibility index (Phi) is 4.86. The summed E-state index contributed by atoms with van der Waals surface area (Å²) in [6.45, 7) is 6.67. The lowest BCUT2D eigenvalue weighted by Crippen LogP contribution is -2.28. The minimum atomic E-state index is 0.535. The van der Waals surface area contributed by atoms with Gasteiger partial charge in [0.1, 0.15) is 0 Å². The van der Waals surface area contributed by atoms with Gasteiger partial charge < -0.3 is 0 Å². The largest absolute Gasteiger partial charge is 0.295 e. The molecule has 0 aromatic carbocycles. The third-order valence-electron chi connectivity index (χ3n) is 2.08. The highest BCUT2D eigenvalue weighted by Crippen LogP contribution is 2.03. The average molecular weight is 222 g/mol. The minimum absolute atomic E-state index is 0.535. The number of nitrogens with zero attached hydrogens (tertiary/aromatic N) is 6. The Morgan fingerprint density at radius 1 is 1.50 bits per heavy atom. The average Bonchev–Trinajstić information content (AvgIpc) is 2.59. The fourth-order valence-electron chi connectivity index (χ4n) is 1.55. The lowest BCUT2D eigenvalue weighted by Gasteiger charge is -2.21. The number of hydrogen-bond acceptors (Lipinski definition) is 5. The molecule has 1 rings (SSSR count). The van der Waals surface area contributed by atoms with Crippen molar-refractivity contribution in [1.82, 2.24) is 25.1 Å². The van der Waals surface area contributed by atoms with E-state index < -0.39 is 0 Å². The van der Waals surface area contributed by atoms with Gasteiger partial charge in [-0.15, -0.1) is 10.2 Å². The molecule has 0 saturated carbocycles. The first-order valence-corrected chi connectivity index (χ1v) is 5.44. The molecular formula is C10H18N6. The van der Waals surface area contributed by atoms with Crippen molar-refractivity contribution in [2.24, 2.45) is 13.0 Å². The highest BCUT2D eigenvalue weighted by atomic mass is 15.6. The Hall–Kier alpha value is -1.48. The van der Waals surface area contributed by atoms with Gasteiger partial charge in [0.2, 0.25) is 0 Å². The smallest absolute Gasteiger partial charge is 0.188 e. The quantitative estimate of drug-likeness (QED) is 0.704. The minimum Gasteiger partial charge on any atom is -0.295 e. The second kappa shape index (κ2) is 6.18. The molecule has 0 spiro atoms. The second-order valence-electron chi connectivity index (χ2n) is 4.23. The van der Waals surface area contributed by atoms with Gasteiger partial charge in [0.05, 0.1) is 19.7 Å². The van der Waals surface area contributed by atoms with Gasteiger partial charge in [0.25, 0.3) is 0 Å². The fraction of sp³-hybridized carbons (Fsp3) is 0.800. The molecule has 16 heavy (non-hydrogen) atoms. The predicted octanol–water partition coefficient (Wildman–Crippen LogP) is 0.582. The van der Waals surface area contributed by atoms with Crippen LogP contribution >= 0.6 is 0 Å². The summed E-state index contributed by atoms with van der Waals surface area (Å²) < 4.78 is 0. The maximum atomic E-state index is 8.60. The summed E-state index contributed by atoms with van der Waals surface area (Å²) in [5.41, 5.74) is 0. The van der Waals surface area contributed by atoms with Gasteiger partial charge in [-0.05, 0) is 11.1 Å². The highest BCUT2D eigenvalue weighted by Gasteiger charge is 2.10. The van der Waals surface area contributed by atoms with Crippen LogP contribution in [0.15, 0.2) is 0 Å². The van der Waals surface area contributed by atoms with Crippen LogP contribution in [0.1, 0.15) is 26.1 Å². The van der Waals surface area contributed by atoms with Crippen molar-refractivity contribution in [3.8, 4) is 6.07 Å². The summed E-state index contributed by atoms with van der Waals surface area (Å²) in [6.07, 6.45) is 0.535. The molecule has 0 aliphatic heterocycles. The maximum absolute atomic E-state index is 8.60. The van der Waals surface area contributed by atoms with E-state index in [-0.39, 0.29) is 0 Å². The molecule has 88 valence electrons. The molecule has 0 aliphatic rings. The molecule has 1 aromatic rings. The standard InChI is InChI=1S/C10H18N6/c1-9(2)7-16(6-4-5-11)8-10-12-14-15(3)13-10/h9H,4,6-8H2,1-3H3. The number of aryl methyl sites for hydroxylation is 1. The zero-order valence-corrected chi connectivity index (χ0v) is 10.1. The van der Waals surface area contributed by atoms with E-state index in [2.05, 4.69) is 40.2 Å². The van der Waals surface area contributed by atoms with E-state index in [0.29, 0.717) is 24.7 Å². The van der Waals surface area contributed by atoms with Crippen LogP contribution in [0.5, 0.6) is 0 Å². The van der Waals surface area contributed by atoms with Gasteiger partial charge in [-0.3, -0.25) is 4.90 Å². The molecule has 0 N–H and O–H groups in total. The number of hydrogen-bond donors (Lipinski definition) is 0. The Morgan fingerprint density at radius 3 is 2.75 bits per heavy atom. The molecule has 0 aliphatic carbocycles. The van der Waals surface area contributed by atoms with Crippen molar-refractivity contribution in [3.05, 3.63) is 5.82 Å². The summed E-state index contributed by atoms with van der Waals surface area (Å²) in [7, 11) is 1.75. The van der Waals surface area contributed by atoms with Crippen molar-refractivity contribution in [1.29, 1.82) is 5.26 Å². The van der Waals surface area contributed by atoms with E-state index in [4.69, 9.17) is 5.26 Å². The molecule has 0 fully saturated rings. The first kappa shape index (κ1) is 12.6. The van der Waals surface area contributed by atoms with Gasteiger partial charge in [-0.1, -0.05) is 13.8 Å². The van der Waals surface area contributed by atoms with Gasteiger partial charge >= 0.3 is 0 Å². The van der Waals surface area contributed by atoms with Crippen LogP contribution in [0.2, 0.25) is 0 Å². The third kappa shape index (κ3) is 4.36. The number of tetrazole rings is 1. The van der Waals surface area contributed by atoms with Crippen molar-refractivity contribution in [3.63, 3.8) is 0 Å². The van der Waals surface area contributed by atoms with Crippen LogP contribution in [0, 0.1) is 17.2 Å².